The Morgan fingerprint density at radius 3 is 2.06 bits per heavy atom. The number of furan rings is 2. The summed E-state index contributed by atoms with van der Waals surface area (Å²) in [6.45, 7) is 2.13. The lowest BCUT2D eigenvalue weighted by Gasteiger charge is -2.15. The topological polar surface area (TPSA) is 52.1 Å². The van der Waals surface area contributed by atoms with Gasteiger partial charge in [0.25, 0.3) is 0 Å². The Hall–Kier alpha value is -6.52. The van der Waals surface area contributed by atoms with Crippen molar-refractivity contribution in [3.63, 3.8) is 0 Å². The number of nitrogens with zero attached hydrogens (tertiary/aromatic N) is 2. The SMILES string of the molecule is Cc1cccc(-c2cccc(-c3ccc4oc5cccc(-c6cc(-c7ccccc7)nc(C7=CCCc8oc9ccccc9c87)n6)c5c4c3)c2)c1. The fourth-order valence-electron chi connectivity index (χ4n) is 7.61. The van der Waals surface area contributed by atoms with Gasteiger partial charge in [-0.05, 0) is 72.0 Å². The number of aromatic nitrogens is 2. The van der Waals surface area contributed by atoms with Crippen molar-refractivity contribution in [3.05, 3.63) is 174 Å². The minimum absolute atomic E-state index is 0.692. The molecule has 0 spiro atoms. The van der Waals surface area contributed by atoms with Crippen LogP contribution >= 0.6 is 0 Å². The van der Waals surface area contributed by atoms with Gasteiger partial charge in [-0.3, -0.25) is 0 Å². The van der Waals surface area contributed by atoms with Crippen molar-refractivity contribution in [2.75, 3.05) is 0 Å². The van der Waals surface area contributed by atoms with Gasteiger partial charge in [-0.25, -0.2) is 9.97 Å². The molecule has 10 rings (SSSR count). The average molecular weight is 657 g/mol. The number of hydrogen-bond donors (Lipinski definition) is 0. The lowest BCUT2D eigenvalue weighted by molar-refractivity contribution is 0.545. The van der Waals surface area contributed by atoms with Crippen LogP contribution in [0.25, 0.3) is 83.2 Å². The van der Waals surface area contributed by atoms with Gasteiger partial charge in [-0.1, -0.05) is 121 Å². The van der Waals surface area contributed by atoms with Crippen molar-refractivity contribution < 1.29 is 8.83 Å². The average Bonchev–Trinajstić information content (AvgIpc) is 3.76. The molecule has 0 atom stereocenters. The zero-order chi connectivity index (χ0) is 33.9. The summed E-state index contributed by atoms with van der Waals surface area (Å²) in [5.41, 5.74) is 14.4. The molecule has 0 amide bonds. The zero-order valence-corrected chi connectivity index (χ0v) is 28.1. The first-order valence-corrected chi connectivity index (χ1v) is 17.5. The van der Waals surface area contributed by atoms with Crippen LogP contribution in [0.2, 0.25) is 0 Å². The Morgan fingerprint density at radius 2 is 1.20 bits per heavy atom. The van der Waals surface area contributed by atoms with Crippen LogP contribution in [0.3, 0.4) is 0 Å². The quantitative estimate of drug-likeness (QED) is 0.185. The molecule has 6 aromatic carbocycles. The third kappa shape index (κ3) is 5.07. The first kappa shape index (κ1) is 29.4. The van der Waals surface area contributed by atoms with E-state index in [1.54, 1.807) is 0 Å². The third-order valence-corrected chi connectivity index (χ3v) is 10.0. The fraction of sp³-hybridized carbons (Fsp3) is 0.0638. The van der Waals surface area contributed by atoms with Crippen LogP contribution in [0, 0.1) is 6.92 Å². The molecule has 4 nitrogen and oxygen atoms in total. The van der Waals surface area contributed by atoms with Crippen LogP contribution in [0.5, 0.6) is 0 Å². The summed E-state index contributed by atoms with van der Waals surface area (Å²) in [4.78, 5) is 10.6. The molecule has 0 N–H and O–H groups in total. The van der Waals surface area contributed by atoms with Crippen molar-refractivity contribution in [1.29, 1.82) is 0 Å². The van der Waals surface area contributed by atoms with Crippen molar-refractivity contribution in [3.8, 4) is 44.8 Å². The highest BCUT2D eigenvalue weighted by Crippen LogP contribution is 2.42. The maximum absolute atomic E-state index is 6.49. The number of hydrogen-bond acceptors (Lipinski definition) is 4. The number of fused-ring (bicyclic) bond motifs is 6. The number of para-hydroxylation sites is 1. The van der Waals surface area contributed by atoms with Gasteiger partial charge in [0.15, 0.2) is 5.82 Å². The van der Waals surface area contributed by atoms with Crippen LogP contribution in [-0.4, -0.2) is 9.97 Å². The van der Waals surface area contributed by atoms with Gasteiger partial charge in [0.2, 0.25) is 0 Å². The number of aryl methyl sites for hydroxylation is 2. The molecule has 4 heteroatoms. The summed E-state index contributed by atoms with van der Waals surface area (Å²) in [6.07, 6.45) is 3.99. The molecule has 51 heavy (non-hydrogen) atoms. The second-order valence-electron chi connectivity index (χ2n) is 13.3. The molecule has 1 aliphatic carbocycles. The highest BCUT2D eigenvalue weighted by molar-refractivity contribution is 6.13. The summed E-state index contributed by atoms with van der Waals surface area (Å²) >= 11 is 0. The molecule has 0 saturated carbocycles. The van der Waals surface area contributed by atoms with E-state index < -0.39 is 0 Å². The van der Waals surface area contributed by atoms with Crippen molar-refractivity contribution >= 4 is 38.5 Å². The Labute approximate surface area is 295 Å². The lowest BCUT2D eigenvalue weighted by atomic mass is 9.93. The molecule has 3 heterocycles. The van der Waals surface area contributed by atoms with E-state index in [1.807, 2.05) is 24.3 Å². The van der Waals surface area contributed by atoms with Crippen LogP contribution < -0.4 is 0 Å². The van der Waals surface area contributed by atoms with Crippen LogP contribution in [0.4, 0.5) is 0 Å². The molecule has 0 saturated heterocycles. The maximum Gasteiger partial charge on any atom is 0.160 e. The minimum Gasteiger partial charge on any atom is -0.460 e. The van der Waals surface area contributed by atoms with Crippen molar-refractivity contribution in [2.45, 2.75) is 19.8 Å². The Balaban J connectivity index is 1.16. The summed E-state index contributed by atoms with van der Waals surface area (Å²) in [5, 5.41) is 3.19. The van der Waals surface area contributed by atoms with Crippen LogP contribution in [-0.2, 0) is 6.42 Å². The summed E-state index contributed by atoms with van der Waals surface area (Å²) in [7, 11) is 0. The first-order valence-electron chi connectivity index (χ1n) is 17.5. The highest BCUT2D eigenvalue weighted by atomic mass is 16.3. The van der Waals surface area contributed by atoms with E-state index in [-0.39, 0.29) is 0 Å². The Kier molecular flexibility index (Phi) is 6.81. The summed E-state index contributed by atoms with van der Waals surface area (Å²) in [5.74, 6) is 1.68. The van der Waals surface area contributed by atoms with E-state index in [0.29, 0.717) is 5.82 Å². The van der Waals surface area contributed by atoms with E-state index in [4.69, 9.17) is 18.8 Å². The minimum atomic E-state index is 0.692. The number of rotatable bonds is 5. The van der Waals surface area contributed by atoms with Crippen molar-refractivity contribution in [2.24, 2.45) is 0 Å². The first-order chi connectivity index (χ1) is 25.2. The standard InChI is InChI=1S/C47H32N2O2/c1-29-11-7-14-31(25-29)32-15-8-16-33(26-32)34-23-24-42-38(27-34)45-35(18-9-21-43(45)51-42)40-28-39(30-12-3-2-4-13-30)48-47(49-40)37-19-10-22-44-46(37)36-17-5-6-20-41(36)50-44/h2-9,11-21,23-28H,10,22H2,1H3. The lowest BCUT2D eigenvalue weighted by Crippen LogP contribution is -2.04. The van der Waals surface area contributed by atoms with E-state index in [0.717, 1.165) is 96.3 Å². The van der Waals surface area contributed by atoms with Gasteiger partial charge in [0.1, 0.15) is 22.5 Å². The molecule has 0 fully saturated rings. The zero-order valence-electron chi connectivity index (χ0n) is 28.1. The second kappa shape index (κ2) is 11.8. The van der Waals surface area contributed by atoms with Gasteiger partial charge < -0.3 is 8.83 Å². The fourth-order valence-corrected chi connectivity index (χ4v) is 7.61. The molecule has 1 aliphatic rings. The van der Waals surface area contributed by atoms with Crippen LogP contribution in [0.15, 0.2) is 161 Å². The molecular formula is C47H32N2O2. The van der Waals surface area contributed by atoms with Gasteiger partial charge >= 0.3 is 0 Å². The largest absolute Gasteiger partial charge is 0.460 e. The Bertz CT molecular complexity index is 2820. The van der Waals surface area contributed by atoms with Gasteiger partial charge in [0.05, 0.1) is 11.4 Å². The maximum atomic E-state index is 6.49. The van der Waals surface area contributed by atoms with Gasteiger partial charge in [-0.15, -0.1) is 0 Å². The highest BCUT2D eigenvalue weighted by Gasteiger charge is 2.25. The second-order valence-corrected chi connectivity index (χ2v) is 13.3. The molecule has 0 radical (unpaired) electrons. The molecular weight excluding hydrogens is 625 g/mol. The normalized spacial score (nSPS) is 12.8. The van der Waals surface area contributed by atoms with E-state index in [1.165, 1.54) is 16.7 Å². The third-order valence-electron chi connectivity index (χ3n) is 10.0. The summed E-state index contributed by atoms with van der Waals surface area (Å²) < 4.78 is 12.8. The predicted octanol–water partition coefficient (Wildman–Crippen LogP) is 12.5. The summed E-state index contributed by atoms with van der Waals surface area (Å²) in [6, 6.07) is 50.9. The monoisotopic (exact) mass is 656 g/mol. The smallest absolute Gasteiger partial charge is 0.160 e. The predicted molar refractivity (Wildman–Crippen MR) is 207 cm³/mol. The molecule has 3 aromatic heterocycles. The van der Waals surface area contributed by atoms with Gasteiger partial charge in [0, 0.05) is 44.8 Å². The van der Waals surface area contributed by atoms with Crippen LogP contribution in [0.1, 0.15) is 29.1 Å². The number of benzene rings is 6. The van der Waals surface area contributed by atoms with Gasteiger partial charge in [-0.2, -0.15) is 0 Å². The number of allylic oxidation sites excluding steroid dienone is 1. The van der Waals surface area contributed by atoms with E-state index in [2.05, 4.69) is 134 Å². The van der Waals surface area contributed by atoms with E-state index in [9.17, 15) is 0 Å². The molecule has 9 aromatic rings. The Morgan fingerprint density at radius 1 is 0.510 bits per heavy atom. The molecule has 0 unspecified atom stereocenters. The van der Waals surface area contributed by atoms with Crippen molar-refractivity contribution in [1.82, 2.24) is 9.97 Å². The molecule has 0 aliphatic heterocycles. The molecule has 242 valence electrons. The van der Waals surface area contributed by atoms with E-state index >= 15 is 0 Å². The molecule has 0 bridgehead atoms.